The zero-order valence-corrected chi connectivity index (χ0v) is 20.0. The van der Waals surface area contributed by atoms with Crippen LogP contribution >= 0.6 is 0 Å². The Kier molecular flexibility index (Phi) is 7.97. The van der Waals surface area contributed by atoms with E-state index >= 15 is 0 Å². The average Bonchev–Trinajstić information content (AvgIpc) is 2.50. The average molecular weight is 449 g/mol. The third-order valence-electron chi connectivity index (χ3n) is 4.07. The van der Waals surface area contributed by atoms with Gasteiger partial charge in [0.25, 0.3) is 0 Å². The molecular formula is C21H34F2N2O4S. The number of anilines is 1. The Labute approximate surface area is 181 Å². The van der Waals surface area contributed by atoms with Crippen molar-refractivity contribution in [2.45, 2.75) is 90.2 Å². The first-order valence-corrected chi connectivity index (χ1v) is 10.8. The van der Waals surface area contributed by atoms with E-state index in [-0.39, 0.29) is 5.69 Å². The van der Waals surface area contributed by atoms with Crippen molar-refractivity contribution in [2.24, 2.45) is 0 Å². The Morgan fingerprint density at radius 3 is 2.07 bits per heavy atom. The van der Waals surface area contributed by atoms with Crippen LogP contribution in [0.1, 0.15) is 79.5 Å². The van der Waals surface area contributed by atoms with Gasteiger partial charge in [0.15, 0.2) is 0 Å². The molecule has 0 unspecified atom stereocenters. The summed E-state index contributed by atoms with van der Waals surface area (Å²) in [5, 5.41) is 12.4. The minimum Gasteiger partial charge on any atom is -0.598 e. The highest BCUT2D eigenvalue weighted by Gasteiger charge is 2.47. The highest BCUT2D eigenvalue weighted by molar-refractivity contribution is 7.90. The van der Waals surface area contributed by atoms with Gasteiger partial charge in [-0.05, 0) is 86.1 Å². The Balaban J connectivity index is 3.37. The second-order valence-electron chi connectivity index (χ2n) is 9.82. The summed E-state index contributed by atoms with van der Waals surface area (Å²) in [5.74, 6) is -3.60. The Morgan fingerprint density at radius 1 is 1.10 bits per heavy atom. The summed E-state index contributed by atoms with van der Waals surface area (Å²) in [4.78, 5) is 12.1. The standard InChI is InChI=1S/C21H34F2N2O4S/c1-13(25-30(28)19(5,6)7)14-10-15(21(22,23)20(8,9)27)12-16(11-14)24-17(26)29-18(2,3)4/h10-13,25,27H,1-9H3,(H,24,26)/t13-,30-/m1/s1. The fourth-order valence-corrected chi connectivity index (χ4v) is 3.15. The lowest BCUT2D eigenvalue weighted by Crippen LogP contribution is -2.41. The summed E-state index contributed by atoms with van der Waals surface area (Å²) >= 11 is -1.44. The normalized spacial score (nSPS) is 15.5. The first-order valence-electron chi connectivity index (χ1n) is 9.68. The van der Waals surface area contributed by atoms with Crippen molar-refractivity contribution < 1.29 is 28.0 Å². The van der Waals surface area contributed by atoms with E-state index in [1.165, 1.54) is 12.1 Å². The fourth-order valence-electron chi connectivity index (χ4n) is 2.34. The van der Waals surface area contributed by atoms with E-state index in [0.29, 0.717) is 5.56 Å². The minimum absolute atomic E-state index is 0.0795. The van der Waals surface area contributed by atoms with Gasteiger partial charge in [-0.15, -0.1) is 4.72 Å². The molecule has 0 bridgehead atoms. The van der Waals surface area contributed by atoms with E-state index in [9.17, 15) is 23.2 Å². The summed E-state index contributed by atoms with van der Waals surface area (Å²) in [5.41, 5.74) is -3.12. The van der Waals surface area contributed by atoms with Crippen LogP contribution in [0.15, 0.2) is 18.2 Å². The molecule has 1 aromatic carbocycles. The predicted molar refractivity (Wildman–Crippen MR) is 116 cm³/mol. The minimum atomic E-state index is -3.60. The fraction of sp³-hybridized carbons (Fsp3) is 0.667. The van der Waals surface area contributed by atoms with Gasteiger partial charge in [-0.3, -0.25) is 5.32 Å². The maximum absolute atomic E-state index is 14.9. The topological polar surface area (TPSA) is 93.7 Å². The van der Waals surface area contributed by atoms with Gasteiger partial charge in [0, 0.05) is 22.6 Å². The van der Waals surface area contributed by atoms with Crippen LogP contribution < -0.4 is 10.0 Å². The molecule has 0 aliphatic rings. The Hall–Kier alpha value is -1.42. The van der Waals surface area contributed by atoms with Crippen LogP contribution in [-0.2, 0) is 22.0 Å². The number of aliphatic hydroxyl groups is 1. The summed E-state index contributed by atoms with van der Waals surface area (Å²) in [6.45, 7) is 14.1. The van der Waals surface area contributed by atoms with E-state index in [0.717, 1.165) is 19.9 Å². The molecular weight excluding hydrogens is 414 g/mol. The number of ether oxygens (including phenoxy) is 1. The summed E-state index contributed by atoms with van der Waals surface area (Å²) in [6.07, 6.45) is -0.795. The molecule has 0 aliphatic heterocycles. The molecule has 1 rings (SSSR count). The van der Waals surface area contributed by atoms with Crippen LogP contribution in [0, 0.1) is 0 Å². The highest BCUT2D eigenvalue weighted by Crippen LogP contribution is 2.40. The zero-order valence-electron chi connectivity index (χ0n) is 19.1. The Bertz CT molecular complexity index is 753. The largest absolute Gasteiger partial charge is 0.598 e. The Morgan fingerprint density at radius 2 is 1.63 bits per heavy atom. The molecule has 30 heavy (non-hydrogen) atoms. The number of hydrogen-bond donors (Lipinski definition) is 3. The number of hydrogen-bond acceptors (Lipinski definition) is 5. The van der Waals surface area contributed by atoms with E-state index in [4.69, 9.17) is 4.74 Å². The van der Waals surface area contributed by atoms with E-state index in [1.807, 2.05) is 0 Å². The molecule has 6 nitrogen and oxygen atoms in total. The van der Waals surface area contributed by atoms with Gasteiger partial charge in [0.1, 0.15) is 15.9 Å². The number of amides is 1. The third-order valence-corrected chi connectivity index (χ3v) is 5.75. The molecule has 0 radical (unpaired) electrons. The molecule has 0 saturated heterocycles. The number of benzene rings is 1. The molecule has 0 spiro atoms. The first-order chi connectivity index (χ1) is 13.2. The van der Waals surface area contributed by atoms with E-state index < -0.39 is 50.9 Å². The van der Waals surface area contributed by atoms with Crippen molar-refractivity contribution in [1.82, 2.24) is 4.72 Å². The van der Waals surface area contributed by atoms with Crippen molar-refractivity contribution in [3.05, 3.63) is 29.3 Å². The van der Waals surface area contributed by atoms with Gasteiger partial charge in [0.05, 0.1) is 6.04 Å². The van der Waals surface area contributed by atoms with E-state index in [2.05, 4.69) is 10.0 Å². The van der Waals surface area contributed by atoms with Crippen LogP contribution in [0.3, 0.4) is 0 Å². The summed E-state index contributed by atoms with van der Waals surface area (Å²) in [6, 6.07) is 3.27. The molecule has 0 heterocycles. The first kappa shape index (κ1) is 26.6. The van der Waals surface area contributed by atoms with Crippen LogP contribution in [-0.4, -0.2) is 31.7 Å². The number of nitrogens with one attached hydrogen (secondary N) is 2. The van der Waals surface area contributed by atoms with Gasteiger partial charge in [-0.1, -0.05) is 0 Å². The van der Waals surface area contributed by atoms with Crippen LogP contribution in [0.2, 0.25) is 0 Å². The molecule has 3 N–H and O–H groups in total. The number of rotatable bonds is 6. The van der Waals surface area contributed by atoms with Crippen molar-refractivity contribution in [2.75, 3.05) is 5.32 Å². The van der Waals surface area contributed by atoms with Crippen molar-refractivity contribution in [1.29, 1.82) is 0 Å². The molecule has 1 amide bonds. The van der Waals surface area contributed by atoms with Crippen LogP contribution in [0.5, 0.6) is 0 Å². The highest BCUT2D eigenvalue weighted by atomic mass is 32.2. The molecule has 0 aromatic heterocycles. The smallest absolute Gasteiger partial charge is 0.412 e. The van der Waals surface area contributed by atoms with Crippen molar-refractivity contribution in [3.8, 4) is 0 Å². The van der Waals surface area contributed by atoms with Crippen molar-refractivity contribution in [3.63, 3.8) is 0 Å². The number of carbonyl (C=O) groups is 1. The van der Waals surface area contributed by atoms with Gasteiger partial charge in [-0.25, -0.2) is 4.79 Å². The lowest BCUT2D eigenvalue weighted by molar-refractivity contribution is -0.168. The third kappa shape index (κ3) is 7.37. The second kappa shape index (κ2) is 8.98. The van der Waals surface area contributed by atoms with Crippen LogP contribution in [0.25, 0.3) is 0 Å². The van der Waals surface area contributed by atoms with Gasteiger partial charge >= 0.3 is 12.0 Å². The van der Waals surface area contributed by atoms with Gasteiger partial charge < -0.3 is 14.4 Å². The maximum Gasteiger partial charge on any atom is 0.412 e. The molecule has 2 atom stereocenters. The lowest BCUT2D eigenvalue weighted by atomic mass is 9.91. The summed E-state index contributed by atoms with van der Waals surface area (Å²) in [7, 11) is 0. The molecule has 0 fully saturated rings. The monoisotopic (exact) mass is 448 g/mol. The molecule has 0 aliphatic carbocycles. The SMILES string of the molecule is C[C@@H](N[S@+]([O-])C(C)(C)C)c1cc(NC(=O)OC(C)(C)C)cc(C(F)(F)C(C)(C)O)c1. The molecule has 0 saturated carbocycles. The van der Waals surface area contributed by atoms with Crippen molar-refractivity contribution >= 4 is 23.1 Å². The number of halogens is 2. The second-order valence-corrected chi connectivity index (χ2v) is 11.8. The summed E-state index contributed by atoms with van der Waals surface area (Å²) < 4.78 is 49.7. The number of carbonyl (C=O) groups excluding carboxylic acids is 1. The molecule has 1 aromatic rings. The molecule has 172 valence electrons. The molecule has 9 heteroatoms. The van der Waals surface area contributed by atoms with Gasteiger partial charge in [-0.2, -0.15) is 8.78 Å². The van der Waals surface area contributed by atoms with Gasteiger partial charge in [0.2, 0.25) is 0 Å². The maximum atomic E-state index is 14.9. The predicted octanol–water partition coefficient (Wildman–Crippen LogP) is 5.01. The number of alkyl halides is 2. The lowest BCUT2D eigenvalue weighted by Gasteiger charge is -2.31. The zero-order chi connectivity index (χ0) is 23.7. The quantitative estimate of drug-likeness (QED) is 0.532. The van der Waals surface area contributed by atoms with Crippen LogP contribution in [0.4, 0.5) is 19.3 Å². The van der Waals surface area contributed by atoms with E-state index in [1.54, 1.807) is 48.5 Å².